The van der Waals surface area contributed by atoms with E-state index in [4.69, 9.17) is 0 Å². The maximum Gasteiger partial charge on any atom is 0.200 e. The minimum atomic E-state index is -2.75. The van der Waals surface area contributed by atoms with E-state index in [-0.39, 0.29) is 12.1 Å². The Hall–Kier alpha value is -4.04. The standard InChI is InChI=1S/C23H2F15/c24-9-6(10(25)16(31)21(36)15(9)30)3-1-4(7-11(26)17(32)22(37)18(33)12(7)27)5(2-3)8-13(28)19(34)23(38)20(35)14(8)29/h1-2H/q-1. The first kappa shape index (κ1) is 27.0. The summed E-state index contributed by atoms with van der Waals surface area (Å²) >= 11 is 0. The first-order valence-corrected chi connectivity index (χ1v) is 9.49. The van der Waals surface area contributed by atoms with E-state index in [1.54, 1.807) is 0 Å². The van der Waals surface area contributed by atoms with Crippen molar-refractivity contribution in [3.63, 3.8) is 0 Å². The molecule has 0 radical (unpaired) electrons. The Morgan fingerprint density at radius 3 is 0.763 bits per heavy atom. The average Bonchev–Trinajstić information content (AvgIpc) is 3.30. The molecule has 4 aromatic rings. The molecule has 0 amide bonds. The summed E-state index contributed by atoms with van der Waals surface area (Å²) in [6.45, 7) is 0. The van der Waals surface area contributed by atoms with Crippen LogP contribution in [0.4, 0.5) is 65.9 Å². The summed E-state index contributed by atoms with van der Waals surface area (Å²) in [7, 11) is 0. The molecule has 0 aliphatic rings. The lowest BCUT2D eigenvalue weighted by Crippen LogP contribution is -2.06. The summed E-state index contributed by atoms with van der Waals surface area (Å²) in [4.78, 5) is 0. The molecule has 0 aliphatic carbocycles. The Morgan fingerprint density at radius 2 is 0.500 bits per heavy atom. The average molecular weight is 563 g/mol. The maximum absolute atomic E-state index is 14.5. The second kappa shape index (κ2) is 9.06. The summed E-state index contributed by atoms with van der Waals surface area (Å²) in [5, 5.41) is 0. The van der Waals surface area contributed by atoms with Gasteiger partial charge in [0.25, 0.3) is 0 Å². The van der Waals surface area contributed by atoms with Gasteiger partial charge in [-0.05, 0) is 5.56 Å². The molecular formula is C23H2F15-. The summed E-state index contributed by atoms with van der Waals surface area (Å²) in [5.74, 6) is -40.2. The number of hydrogen-bond donors (Lipinski definition) is 0. The summed E-state index contributed by atoms with van der Waals surface area (Å²) in [6.07, 6.45) is 0. The normalized spacial score (nSPS) is 11.6. The molecule has 0 fully saturated rings. The molecule has 0 unspecified atom stereocenters. The predicted octanol–water partition coefficient (Wildman–Crippen LogP) is 8.49. The van der Waals surface area contributed by atoms with E-state index in [2.05, 4.69) is 0 Å². The Balaban J connectivity index is 2.23. The second-order valence-electron chi connectivity index (χ2n) is 7.41. The van der Waals surface area contributed by atoms with Crippen molar-refractivity contribution in [2.75, 3.05) is 0 Å². The molecule has 200 valence electrons. The van der Waals surface area contributed by atoms with Gasteiger partial charge in [0.05, 0.1) is 0 Å². The van der Waals surface area contributed by atoms with Crippen LogP contribution in [0.5, 0.6) is 0 Å². The number of halogens is 15. The molecule has 0 bridgehead atoms. The van der Waals surface area contributed by atoms with Crippen LogP contribution in [-0.4, -0.2) is 0 Å². The van der Waals surface area contributed by atoms with Gasteiger partial charge in [0.1, 0.15) is 11.6 Å². The number of hydrogen-bond acceptors (Lipinski definition) is 0. The van der Waals surface area contributed by atoms with Crippen molar-refractivity contribution in [3.05, 3.63) is 99.4 Å². The fourth-order valence-corrected chi connectivity index (χ4v) is 3.61. The van der Waals surface area contributed by atoms with E-state index < -0.39 is 121 Å². The highest BCUT2D eigenvalue weighted by atomic mass is 19.2. The number of benzene rings is 3. The third kappa shape index (κ3) is 3.62. The summed E-state index contributed by atoms with van der Waals surface area (Å²) in [6, 6.07) is -0.0755. The molecular weight excluding hydrogens is 561 g/mol. The smallest absolute Gasteiger partial charge is 0.200 e. The minimum absolute atomic E-state index is 0.0378. The first-order chi connectivity index (χ1) is 17.6. The number of rotatable bonds is 3. The van der Waals surface area contributed by atoms with E-state index in [0.29, 0.717) is 0 Å². The van der Waals surface area contributed by atoms with E-state index in [9.17, 15) is 65.9 Å². The third-order valence-corrected chi connectivity index (χ3v) is 5.35. The van der Waals surface area contributed by atoms with Crippen molar-refractivity contribution < 1.29 is 65.9 Å². The fraction of sp³-hybridized carbons (Fsp3) is 0. The molecule has 0 aromatic heterocycles. The largest absolute Gasteiger partial charge is 0.250 e. The summed E-state index contributed by atoms with van der Waals surface area (Å²) in [5.41, 5.74) is -10.7. The predicted molar refractivity (Wildman–Crippen MR) is 97.7 cm³/mol. The Kier molecular flexibility index (Phi) is 6.44. The molecule has 0 saturated carbocycles. The lowest BCUT2D eigenvalue weighted by Gasteiger charge is -2.16. The van der Waals surface area contributed by atoms with Gasteiger partial charge in [0.2, 0.25) is 11.6 Å². The van der Waals surface area contributed by atoms with Gasteiger partial charge in [-0.15, -0.1) is 12.1 Å². The zero-order valence-corrected chi connectivity index (χ0v) is 17.3. The van der Waals surface area contributed by atoms with E-state index in [0.717, 1.165) is 0 Å². The second-order valence-corrected chi connectivity index (χ2v) is 7.41. The highest BCUT2D eigenvalue weighted by molar-refractivity contribution is 5.91. The Morgan fingerprint density at radius 1 is 0.289 bits per heavy atom. The molecule has 15 heteroatoms. The highest BCUT2D eigenvalue weighted by Crippen LogP contribution is 2.46. The van der Waals surface area contributed by atoms with Crippen LogP contribution in [0.3, 0.4) is 0 Å². The lowest BCUT2D eigenvalue weighted by atomic mass is 9.96. The zero-order valence-electron chi connectivity index (χ0n) is 17.3. The molecule has 0 N–H and O–H groups in total. The van der Waals surface area contributed by atoms with E-state index in [1.165, 1.54) is 0 Å². The first-order valence-electron chi connectivity index (χ1n) is 9.49. The molecule has 0 heterocycles. The SMILES string of the molecule is Fc1c(F)c(F)c(-c2c[c-](-c3c(F)c(F)c(F)c(F)c3F)cc2-c2c(F)c(F)c(F)c(F)c2F)c(F)c1F. The van der Waals surface area contributed by atoms with Crippen molar-refractivity contribution in [2.24, 2.45) is 0 Å². The lowest BCUT2D eigenvalue weighted by molar-refractivity contribution is 0.380. The van der Waals surface area contributed by atoms with Gasteiger partial charge < -0.3 is 0 Å². The van der Waals surface area contributed by atoms with Crippen LogP contribution in [0.25, 0.3) is 33.4 Å². The minimum Gasteiger partial charge on any atom is -0.250 e. The van der Waals surface area contributed by atoms with Crippen molar-refractivity contribution in [2.45, 2.75) is 0 Å². The van der Waals surface area contributed by atoms with Gasteiger partial charge in [-0.1, -0.05) is 16.7 Å². The van der Waals surface area contributed by atoms with Crippen LogP contribution in [0, 0.1) is 87.3 Å². The van der Waals surface area contributed by atoms with Gasteiger partial charge in [-0.25, -0.2) is 65.9 Å². The molecule has 0 spiro atoms. The van der Waals surface area contributed by atoms with Gasteiger partial charge in [0.15, 0.2) is 64.0 Å². The van der Waals surface area contributed by atoms with Gasteiger partial charge in [0, 0.05) is 11.1 Å². The van der Waals surface area contributed by atoms with Crippen LogP contribution in [0.1, 0.15) is 0 Å². The quantitative estimate of drug-likeness (QED) is 0.102. The Bertz CT molecular complexity index is 1490. The van der Waals surface area contributed by atoms with E-state index >= 15 is 0 Å². The van der Waals surface area contributed by atoms with Crippen LogP contribution in [-0.2, 0) is 0 Å². The third-order valence-electron chi connectivity index (χ3n) is 5.35. The molecule has 4 aromatic carbocycles. The molecule has 0 atom stereocenters. The van der Waals surface area contributed by atoms with Crippen LogP contribution >= 0.6 is 0 Å². The maximum atomic E-state index is 14.5. The highest BCUT2D eigenvalue weighted by Gasteiger charge is 2.31. The van der Waals surface area contributed by atoms with E-state index in [1.807, 2.05) is 0 Å². The van der Waals surface area contributed by atoms with Gasteiger partial charge in [-0.2, -0.15) is 0 Å². The van der Waals surface area contributed by atoms with Crippen molar-refractivity contribution in [1.29, 1.82) is 0 Å². The molecule has 4 rings (SSSR count). The van der Waals surface area contributed by atoms with Gasteiger partial charge >= 0.3 is 0 Å². The molecule has 0 aliphatic heterocycles. The fourth-order valence-electron chi connectivity index (χ4n) is 3.61. The van der Waals surface area contributed by atoms with Crippen molar-refractivity contribution in [1.82, 2.24) is 0 Å². The molecule has 0 saturated heterocycles. The van der Waals surface area contributed by atoms with Crippen LogP contribution in [0.15, 0.2) is 12.1 Å². The van der Waals surface area contributed by atoms with Crippen molar-refractivity contribution in [3.8, 4) is 33.4 Å². The van der Waals surface area contributed by atoms with Crippen LogP contribution in [0.2, 0.25) is 0 Å². The van der Waals surface area contributed by atoms with Crippen LogP contribution < -0.4 is 0 Å². The Labute approximate surface area is 199 Å². The topological polar surface area (TPSA) is 0 Å². The summed E-state index contributed by atoms with van der Waals surface area (Å²) < 4.78 is 210. The molecule has 0 nitrogen and oxygen atoms in total. The van der Waals surface area contributed by atoms with Gasteiger partial charge in [-0.3, -0.25) is 0 Å². The zero-order chi connectivity index (χ0) is 28.5. The van der Waals surface area contributed by atoms with Crippen molar-refractivity contribution >= 4 is 0 Å². The monoisotopic (exact) mass is 563 g/mol. The molecule has 38 heavy (non-hydrogen) atoms.